The van der Waals surface area contributed by atoms with Crippen LogP contribution in [0.2, 0.25) is 0 Å². The molecule has 0 aromatic rings. The Morgan fingerprint density at radius 1 is 1.71 bits per heavy atom. The van der Waals surface area contributed by atoms with Crippen LogP contribution in [0.3, 0.4) is 0 Å². The summed E-state index contributed by atoms with van der Waals surface area (Å²) in [6.07, 6.45) is 2.63. The number of nitrogens with one attached hydrogen (secondary N) is 1. The van der Waals surface area contributed by atoms with E-state index < -0.39 is 11.7 Å². The molecule has 1 fully saturated rings. The summed E-state index contributed by atoms with van der Waals surface area (Å²) in [5, 5.41) is 2.86. The molecule has 3 nitrogen and oxygen atoms in total. The number of methoxy groups -OCH3 is 1. The number of hydrogen-bond donors (Lipinski definition) is 1. The molecule has 1 N–H and O–H groups in total. The Labute approximate surface area is 84.0 Å². The van der Waals surface area contributed by atoms with Gasteiger partial charge in [0.2, 0.25) is 0 Å². The summed E-state index contributed by atoms with van der Waals surface area (Å²) < 4.78 is 18.5. The molecule has 2 atom stereocenters. The molecule has 0 amide bonds. The van der Waals surface area contributed by atoms with Gasteiger partial charge >= 0.3 is 5.97 Å². The zero-order valence-corrected chi connectivity index (χ0v) is 8.81. The van der Waals surface area contributed by atoms with Gasteiger partial charge in [0.1, 0.15) is 11.7 Å². The molecule has 1 aliphatic heterocycles. The van der Waals surface area contributed by atoms with Crippen molar-refractivity contribution < 1.29 is 13.9 Å². The quantitative estimate of drug-likeness (QED) is 0.702. The van der Waals surface area contributed by atoms with Gasteiger partial charge in [-0.25, -0.2) is 4.39 Å². The number of hydrogen-bond acceptors (Lipinski definition) is 3. The van der Waals surface area contributed by atoms with Crippen LogP contribution in [0.25, 0.3) is 0 Å². The summed E-state index contributed by atoms with van der Waals surface area (Å²) in [5.41, 5.74) is -1.21. The molecule has 1 unspecified atom stereocenters. The van der Waals surface area contributed by atoms with Crippen LogP contribution in [0.1, 0.15) is 32.6 Å². The molecule has 0 saturated carbocycles. The van der Waals surface area contributed by atoms with Crippen molar-refractivity contribution in [3.63, 3.8) is 0 Å². The zero-order chi connectivity index (χ0) is 10.6. The van der Waals surface area contributed by atoms with Gasteiger partial charge in [-0.1, -0.05) is 19.8 Å². The number of alkyl halides is 1. The number of rotatable bonds is 4. The molecule has 1 rings (SSSR count). The van der Waals surface area contributed by atoms with Crippen molar-refractivity contribution in [2.75, 3.05) is 13.7 Å². The van der Waals surface area contributed by atoms with Crippen molar-refractivity contribution in [3.05, 3.63) is 0 Å². The average molecular weight is 203 g/mol. The van der Waals surface area contributed by atoms with Crippen LogP contribution in [-0.4, -0.2) is 31.3 Å². The van der Waals surface area contributed by atoms with Crippen molar-refractivity contribution in [2.45, 2.75) is 44.3 Å². The van der Waals surface area contributed by atoms with Crippen molar-refractivity contribution >= 4 is 5.97 Å². The lowest BCUT2D eigenvalue weighted by Crippen LogP contribution is -2.31. The number of unbranched alkanes of at least 4 members (excludes halogenated alkanes) is 1. The molecule has 0 aromatic carbocycles. The SMILES string of the molecule is CCCCC1(F)CN[C@H](C(=O)OC)C1. The monoisotopic (exact) mass is 203 g/mol. The molecule has 1 heterocycles. The van der Waals surface area contributed by atoms with Crippen LogP contribution in [0.15, 0.2) is 0 Å². The molecule has 4 heteroatoms. The predicted molar refractivity (Wildman–Crippen MR) is 51.8 cm³/mol. The number of ether oxygens (including phenoxy) is 1. The molecule has 0 spiro atoms. The van der Waals surface area contributed by atoms with Gasteiger partial charge in [0.25, 0.3) is 0 Å². The molecular formula is C10H18FNO2. The van der Waals surface area contributed by atoms with E-state index in [1.807, 2.05) is 6.92 Å². The van der Waals surface area contributed by atoms with Gasteiger partial charge < -0.3 is 10.1 Å². The van der Waals surface area contributed by atoms with E-state index in [0.29, 0.717) is 6.42 Å². The van der Waals surface area contributed by atoms with Crippen LogP contribution >= 0.6 is 0 Å². The lowest BCUT2D eigenvalue weighted by Gasteiger charge is -2.17. The Bertz CT molecular complexity index is 210. The second kappa shape index (κ2) is 4.73. The topological polar surface area (TPSA) is 38.3 Å². The third kappa shape index (κ3) is 2.67. The number of halogens is 1. The molecule has 0 aromatic heterocycles. The van der Waals surface area contributed by atoms with Gasteiger partial charge in [0.15, 0.2) is 0 Å². The second-order valence-electron chi connectivity index (χ2n) is 3.92. The Morgan fingerprint density at radius 2 is 2.43 bits per heavy atom. The average Bonchev–Trinajstić information content (AvgIpc) is 2.57. The number of esters is 1. The third-order valence-corrected chi connectivity index (χ3v) is 2.70. The Hall–Kier alpha value is -0.640. The van der Waals surface area contributed by atoms with Crippen molar-refractivity contribution in [3.8, 4) is 0 Å². The number of carbonyl (C=O) groups excluding carboxylic acids is 1. The minimum Gasteiger partial charge on any atom is -0.468 e. The van der Waals surface area contributed by atoms with Gasteiger partial charge in [0.05, 0.1) is 7.11 Å². The van der Waals surface area contributed by atoms with Crippen molar-refractivity contribution in [2.24, 2.45) is 0 Å². The first-order valence-electron chi connectivity index (χ1n) is 5.11. The van der Waals surface area contributed by atoms with E-state index >= 15 is 0 Å². The largest absolute Gasteiger partial charge is 0.468 e. The second-order valence-corrected chi connectivity index (χ2v) is 3.92. The predicted octanol–water partition coefficient (Wildman–Crippen LogP) is 1.42. The van der Waals surface area contributed by atoms with E-state index in [-0.39, 0.29) is 18.9 Å². The van der Waals surface area contributed by atoms with E-state index in [1.165, 1.54) is 7.11 Å². The zero-order valence-electron chi connectivity index (χ0n) is 8.81. The van der Waals surface area contributed by atoms with E-state index in [9.17, 15) is 9.18 Å². The van der Waals surface area contributed by atoms with Gasteiger partial charge in [-0.15, -0.1) is 0 Å². The Balaban J connectivity index is 2.42. The normalized spacial score (nSPS) is 31.8. The fraction of sp³-hybridized carbons (Fsp3) is 0.900. The molecule has 0 radical (unpaired) electrons. The Kier molecular flexibility index (Phi) is 3.86. The van der Waals surface area contributed by atoms with Gasteiger partial charge in [-0.2, -0.15) is 0 Å². The summed E-state index contributed by atoms with van der Waals surface area (Å²) in [4.78, 5) is 11.1. The van der Waals surface area contributed by atoms with Crippen molar-refractivity contribution in [1.82, 2.24) is 5.32 Å². The first-order chi connectivity index (χ1) is 6.61. The first kappa shape index (κ1) is 11.4. The van der Waals surface area contributed by atoms with E-state index in [2.05, 4.69) is 10.1 Å². The molecule has 0 bridgehead atoms. The van der Waals surface area contributed by atoms with Gasteiger partial charge in [0, 0.05) is 13.0 Å². The standard InChI is InChI=1S/C10H18FNO2/c1-3-4-5-10(11)6-8(12-7-10)9(13)14-2/h8,12H,3-7H2,1-2H3/t8-,10?/m0/s1. The molecule has 1 aliphatic rings. The maximum absolute atomic E-state index is 14.0. The van der Waals surface area contributed by atoms with Gasteiger partial charge in [-0.3, -0.25) is 4.79 Å². The molecular weight excluding hydrogens is 185 g/mol. The van der Waals surface area contributed by atoms with E-state index in [0.717, 1.165) is 12.8 Å². The maximum atomic E-state index is 14.0. The minimum atomic E-state index is -1.21. The lowest BCUT2D eigenvalue weighted by molar-refractivity contribution is -0.142. The highest BCUT2D eigenvalue weighted by Crippen LogP contribution is 2.29. The summed E-state index contributed by atoms with van der Waals surface area (Å²) >= 11 is 0. The number of carbonyl (C=O) groups is 1. The highest BCUT2D eigenvalue weighted by Gasteiger charge is 2.41. The minimum absolute atomic E-state index is 0.250. The Morgan fingerprint density at radius 3 is 3.00 bits per heavy atom. The first-order valence-corrected chi connectivity index (χ1v) is 5.11. The van der Waals surface area contributed by atoms with Crippen LogP contribution in [0, 0.1) is 0 Å². The van der Waals surface area contributed by atoms with Crippen LogP contribution in [0.5, 0.6) is 0 Å². The molecule has 0 aliphatic carbocycles. The highest BCUT2D eigenvalue weighted by molar-refractivity contribution is 5.76. The van der Waals surface area contributed by atoms with Crippen LogP contribution < -0.4 is 5.32 Å². The lowest BCUT2D eigenvalue weighted by atomic mass is 9.96. The third-order valence-electron chi connectivity index (χ3n) is 2.70. The fourth-order valence-corrected chi connectivity index (χ4v) is 1.81. The molecule has 14 heavy (non-hydrogen) atoms. The molecule has 1 saturated heterocycles. The highest BCUT2D eigenvalue weighted by atomic mass is 19.1. The van der Waals surface area contributed by atoms with Crippen molar-refractivity contribution in [1.29, 1.82) is 0 Å². The summed E-state index contributed by atoms with van der Waals surface area (Å²) in [6, 6.07) is -0.457. The van der Waals surface area contributed by atoms with Crippen LogP contribution in [-0.2, 0) is 9.53 Å². The maximum Gasteiger partial charge on any atom is 0.322 e. The fourth-order valence-electron chi connectivity index (χ4n) is 1.81. The van der Waals surface area contributed by atoms with E-state index in [1.54, 1.807) is 0 Å². The van der Waals surface area contributed by atoms with Gasteiger partial charge in [-0.05, 0) is 6.42 Å². The summed E-state index contributed by atoms with van der Waals surface area (Å²) in [6.45, 7) is 2.30. The smallest absolute Gasteiger partial charge is 0.322 e. The molecule has 82 valence electrons. The van der Waals surface area contributed by atoms with Crippen LogP contribution in [0.4, 0.5) is 4.39 Å². The summed E-state index contributed by atoms with van der Waals surface area (Å²) in [5.74, 6) is -0.360. The summed E-state index contributed by atoms with van der Waals surface area (Å²) in [7, 11) is 1.33. The van der Waals surface area contributed by atoms with E-state index in [4.69, 9.17) is 0 Å².